The van der Waals surface area contributed by atoms with Crippen LogP contribution in [0.25, 0.3) is 6.08 Å². The monoisotopic (exact) mass is 560 g/mol. The second kappa shape index (κ2) is 11.4. The van der Waals surface area contributed by atoms with Crippen molar-refractivity contribution in [2.45, 2.75) is 6.61 Å². The van der Waals surface area contributed by atoms with Gasteiger partial charge in [0.1, 0.15) is 6.61 Å². The van der Waals surface area contributed by atoms with Crippen LogP contribution >= 0.6 is 46.6 Å². The van der Waals surface area contributed by atoms with Gasteiger partial charge in [0.2, 0.25) is 0 Å². The predicted molar refractivity (Wildman–Crippen MR) is 145 cm³/mol. The molecular formula is C26H19Cl3N2O4S. The van der Waals surface area contributed by atoms with Crippen LogP contribution in [0.2, 0.25) is 15.1 Å². The molecule has 0 radical (unpaired) electrons. The van der Waals surface area contributed by atoms with E-state index in [-0.39, 0.29) is 12.5 Å². The number of hydrogen-bond donors (Lipinski definition) is 0. The highest BCUT2D eigenvalue weighted by Crippen LogP contribution is 2.38. The largest absolute Gasteiger partial charge is 0.486 e. The summed E-state index contributed by atoms with van der Waals surface area (Å²) in [6.07, 6.45) is 1.70. The van der Waals surface area contributed by atoms with E-state index in [1.165, 1.54) is 23.8 Å². The summed E-state index contributed by atoms with van der Waals surface area (Å²) in [5.41, 5.74) is 2.46. The lowest BCUT2D eigenvalue weighted by Crippen LogP contribution is -2.23. The van der Waals surface area contributed by atoms with E-state index in [2.05, 4.69) is 4.99 Å². The van der Waals surface area contributed by atoms with Gasteiger partial charge < -0.3 is 9.47 Å². The van der Waals surface area contributed by atoms with Crippen LogP contribution in [0.1, 0.15) is 21.5 Å². The maximum absolute atomic E-state index is 12.8. The molecule has 0 aromatic heterocycles. The van der Waals surface area contributed by atoms with E-state index in [1.54, 1.807) is 55.6 Å². The van der Waals surface area contributed by atoms with Crippen molar-refractivity contribution in [3.8, 4) is 5.75 Å². The van der Waals surface area contributed by atoms with Crippen LogP contribution in [0.3, 0.4) is 0 Å². The van der Waals surface area contributed by atoms with E-state index in [0.717, 1.165) is 5.56 Å². The van der Waals surface area contributed by atoms with Crippen LogP contribution in [-0.4, -0.2) is 36.1 Å². The molecule has 0 unspecified atom stereocenters. The molecule has 1 fully saturated rings. The van der Waals surface area contributed by atoms with Crippen molar-refractivity contribution in [1.82, 2.24) is 4.90 Å². The average molecular weight is 562 g/mol. The highest BCUT2D eigenvalue weighted by molar-refractivity contribution is 8.18. The Kier molecular flexibility index (Phi) is 8.26. The molecule has 6 nitrogen and oxygen atoms in total. The Morgan fingerprint density at radius 3 is 2.33 bits per heavy atom. The minimum absolute atomic E-state index is 0.207. The van der Waals surface area contributed by atoms with Gasteiger partial charge in [0.15, 0.2) is 10.9 Å². The fraction of sp³-hybridized carbons (Fsp3) is 0.115. The van der Waals surface area contributed by atoms with Gasteiger partial charge in [-0.2, -0.15) is 0 Å². The van der Waals surface area contributed by atoms with Gasteiger partial charge in [-0.1, -0.05) is 53.0 Å². The fourth-order valence-corrected chi connectivity index (χ4v) is 5.06. The Morgan fingerprint density at radius 1 is 1.03 bits per heavy atom. The van der Waals surface area contributed by atoms with E-state index < -0.39 is 5.97 Å². The van der Waals surface area contributed by atoms with E-state index in [4.69, 9.17) is 44.3 Å². The number of rotatable bonds is 6. The lowest BCUT2D eigenvalue weighted by Gasteiger charge is -2.12. The van der Waals surface area contributed by atoms with Crippen LogP contribution in [0, 0.1) is 0 Å². The molecular weight excluding hydrogens is 543 g/mol. The summed E-state index contributed by atoms with van der Waals surface area (Å²) >= 11 is 20.3. The normalized spacial score (nSPS) is 15.6. The zero-order valence-electron chi connectivity index (χ0n) is 19.1. The van der Waals surface area contributed by atoms with Gasteiger partial charge in [-0.15, -0.1) is 0 Å². The SMILES string of the molecule is COC(=O)c1ccc(N=C2S/C(=C\c3cc(Cl)c(OCc4ccccc4Cl)c(Cl)c3)C(=O)N2C)cc1. The van der Waals surface area contributed by atoms with Crippen LogP contribution in [-0.2, 0) is 16.1 Å². The van der Waals surface area contributed by atoms with Gasteiger partial charge in [-0.3, -0.25) is 9.69 Å². The number of thioether (sulfide) groups is 1. The number of amides is 1. The molecule has 36 heavy (non-hydrogen) atoms. The molecule has 3 aromatic rings. The molecule has 0 atom stereocenters. The summed E-state index contributed by atoms with van der Waals surface area (Å²) in [6.45, 7) is 0.207. The number of halogens is 3. The molecule has 0 spiro atoms. The Bertz CT molecular complexity index is 1370. The molecule has 184 valence electrons. The molecule has 0 saturated carbocycles. The first-order valence-electron chi connectivity index (χ1n) is 10.6. The van der Waals surface area contributed by atoms with E-state index in [0.29, 0.717) is 47.7 Å². The van der Waals surface area contributed by atoms with Gasteiger partial charge in [-0.05, 0) is 65.9 Å². The second-order valence-electron chi connectivity index (χ2n) is 7.60. The lowest BCUT2D eigenvalue weighted by molar-refractivity contribution is -0.121. The number of benzene rings is 3. The number of carbonyl (C=O) groups is 2. The van der Waals surface area contributed by atoms with Crippen molar-refractivity contribution in [3.05, 3.63) is 97.3 Å². The van der Waals surface area contributed by atoms with Crippen molar-refractivity contribution in [3.63, 3.8) is 0 Å². The van der Waals surface area contributed by atoms with Crippen LogP contribution in [0.15, 0.2) is 70.6 Å². The quantitative estimate of drug-likeness (QED) is 0.234. The van der Waals surface area contributed by atoms with Gasteiger partial charge in [0.05, 0.1) is 33.3 Å². The average Bonchev–Trinajstić information content (AvgIpc) is 3.12. The maximum Gasteiger partial charge on any atom is 0.337 e. The maximum atomic E-state index is 12.8. The molecule has 1 amide bonds. The molecule has 1 saturated heterocycles. The first kappa shape index (κ1) is 26.1. The van der Waals surface area contributed by atoms with Crippen molar-refractivity contribution >= 4 is 75.4 Å². The number of methoxy groups -OCH3 is 1. The number of carbonyl (C=O) groups excluding carboxylic acids is 2. The minimum atomic E-state index is -0.431. The van der Waals surface area contributed by atoms with Gasteiger partial charge in [0.25, 0.3) is 5.91 Å². The van der Waals surface area contributed by atoms with Gasteiger partial charge in [0, 0.05) is 17.6 Å². The van der Waals surface area contributed by atoms with Crippen molar-refractivity contribution in [2.75, 3.05) is 14.2 Å². The van der Waals surface area contributed by atoms with Crippen LogP contribution in [0.5, 0.6) is 5.75 Å². The highest BCUT2D eigenvalue weighted by atomic mass is 35.5. The lowest BCUT2D eigenvalue weighted by atomic mass is 10.2. The molecule has 1 aliphatic rings. The van der Waals surface area contributed by atoms with E-state index >= 15 is 0 Å². The van der Waals surface area contributed by atoms with Gasteiger partial charge >= 0.3 is 5.97 Å². The van der Waals surface area contributed by atoms with Gasteiger partial charge in [-0.25, -0.2) is 9.79 Å². The summed E-state index contributed by atoms with van der Waals surface area (Å²) < 4.78 is 10.5. The Labute approximate surface area is 227 Å². The molecule has 10 heteroatoms. The third-order valence-electron chi connectivity index (χ3n) is 5.16. The Morgan fingerprint density at radius 2 is 1.69 bits per heavy atom. The number of ether oxygens (including phenoxy) is 2. The molecule has 4 rings (SSSR count). The number of hydrogen-bond acceptors (Lipinski definition) is 6. The Balaban J connectivity index is 1.52. The molecule has 0 N–H and O–H groups in total. The summed E-state index contributed by atoms with van der Waals surface area (Å²) in [5, 5.41) is 1.70. The summed E-state index contributed by atoms with van der Waals surface area (Å²) in [7, 11) is 2.96. The summed E-state index contributed by atoms with van der Waals surface area (Å²) in [6, 6.07) is 17.3. The zero-order valence-corrected chi connectivity index (χ0v) is 22.2. The third-order valence-corrected chi connectivity index (χ3v) is 7.16. The molecule has 3 aromatic carbocycles. The Hall–Kier alpha value is -2.97. The number of nitrogens with zero attached hydrogens (tertiary/aromatic N) is 2. The summed E-state index contributed by atoms with van der Waals surface area (Å²) in [4.78, 5) is 30.9. The van der Waals surface area contributed by atoms with E-state index in [9.17, 15) is 9.59 Å². The van der Waals surface area contributed by atoms with Crippen LogP contribution < -0.4 is 4.74 Å². The zero-order chi connectivity index (χ0) is 25.8. The number of esters is 1. The smallest absolute Gasteiger partial charge is 0.337 e. The van der Waals surface area contributed by atoms with E-state index in [1.807, 2.05) is 18.2 Å². The molecule has 1 aliphatic heterocycles. The molecule has 0 aliphatic carbocycles. The number of likely N-dealkylation sites (N-methyl/N-ethyl adjacent to an activating group) is 1. The topological polar surface area (TPSA) is 68.2 Å². The van der Waals surface area contributed by atoms with Crippen molar-refractivity contribution in [1.29, 1.82) is 0 Å². The van der Waals surface area contributed by atoms with Crippen molar-refractivity contribution in [2.24, 2.45) is 4.99 Å². The first-order chi connectivity index (χ1) is 17.3. The minimum Gasteiger partial charge on any atom is -0.486 e. The third kappa shape index (κ3) is 5.87. The number of amidine groups is 1. The molecule has 1 heterocycles. The van der Waals surface area contributed by atoms with Crippen LogP contribution in [0.4, 0.5) is 5.69 Å². The highest BCUT2D eigenvalue weighted by Gasteiger charge is 2.30. The first-order valence-corrected chi connectivity index (χ1v) is 12.5. The van der Waals surface area contributed by atoms with Crippen molar-refractivity contribution < 1.29 is 19.1 Å². The number of aliphatic imine (C=N–C) groups is 1. The second-order valence-corrected chi connectivity index (χ2v) is 9.83. The molecule has 0 bridgehead atoms. The predicted octanol–water partition coefficient (Wildman–Crippen LogP) is 7.25. The standard InChI is InChI=1S/C26H19Cl3N2O4S/c1-31-24(32)22(36-26(31)30-18-9-7-16(8-10-18)25(33)34-2)13-15-11-20(28)23(21(29)12-15)35-14-17-5-3-4-6-19(17)27/h3-13H,14H2,1-2H3/b22-13-,30-26?. The fourth-order valence-electron chi connectivity index (χ4n) is 3.27. The summed E-state index contributed by atoms with van der Waals surface area (Å²) in [5.74, 6) is -0.309.